The van der Waals surface area contributed by atoms with Gasteiger partial charge in [-0.25, -0.2) is 4.39 Å². The molecule has 0 radical (unpaired) electrons. The summed E-state index contributed by atoms with van der Waals surface area (Å²) >= 11 is 0. The molecule has 1 aromatic rings. The number of halogens is 1. The largest absolute Gasteiger partial charge is 0.319 e. The van der Waals surface area contributed by atoms with Gasteiger partial charge in [-0.05, 0) is 42.7 Å². The first-order chi connectivity index (χ1) is 10.4. The maximum absolute atomic E-state index is 14.0. The minimum absolute atomic E-state index is 0.0242. The molecule has 0 aromatic heterocycles. The van der Waals surface area contributed by atoms with Crippen molar-refractivity contribution < 1.29 is 9.18 Å². The number of piperidine rings is 1. The monoisotopic (exact) mass is 298 g/mol. The third kappa shape index (κ3) is 1.21. The standard InChI is InChI=1S/C18H19FN2O/c1-16-11-21(15(22)13-5-3-4-6-14(13)19)18(10-20)9-12(16)7-8-17(16,18)2/h3-6,12H,7-9,11H2,1-2H3/t12-,16+,17-,18+/m1/s1. The Balaban J connectivity index is 1.82. The molecule has 0 unspecified atom stereocenters. The first kappa shape index (κ1) is 13.8. The van der Waals surface area contributed by atoms with E-state index in [1.54, 1.807) is 17.0 Å². The highest BCUT2D eigenvalue weighted by atomic mass is 19.1. The van der Waals surface area contributed by atoms with E-state index in [9.17, 15) is 14.4 Å². The Labute approximate surface area is 129 Å². The van der Waals surface area contributed by atoms with Gasteiger partial charge in [0.2, 0.25) is 0 Å². The molecule has 1 amide bonds. The number of amides is 1. The highest BCUT2D eigenvalue weighted by molar-refractivity contribution is 5.96. The van der Waals surface area contributed by atoms with Gasteiger partial charge in [0.25, 0.3) is 5.91 Å². The van der Waals surface area contributed by atoms with Crippen molar-refractivity contribution in [1.82, 2.24) is 4.90 Å². The molecule has 4 rings (SSSR count). The molecule has 4 atom stereocenters. The van der Waals surface area contributed by atoms with Crippen molar-refractivity contribution in [1.29, 1.82) is 5.26 Å². The van der Waals surface area contributed by atoms with E-state index in [1.807, 2.05) is 0 Å². The number of likely N-dealkylation sites (tertiary alicyclic amines) is 1. The summed E-state index contributed by atoms with van der Waals surface area (Å²) in [6.07, 6.45) is 2.84. The number of carbonyl (C=O) groups excluding carboxylic acids is 1. The number of carbonyl (C=O) groups is 1. The summed E-state index contributed by atoms with van der Waals surface area (Å²) in [5.41, 5.74) is -0.902. The smallest absolute Gasteiger partial charge is 0.258 e. The van der Waals surface area contributed by atoms with Crippen LogP contribution in [0.2, 0.25) is 0 Å². The second-order valence-corrected chi connectivity index (χ2v) is 7.53. The Morgan fingerprint density at radius 2 is 2.14 bits per heavy atom. The molecule has 0 N–H and O–H groups in total. The maximum Gasteiger partial charge on any atom is 0.258 e. The van der Waals surface area contributed by atoms with Crippen molar-refractivity contribution in [2.45, 2.75) is 38.6 Å². The third-order valence-electron chi connectivity index (χ3n) is 7.09. The van der Waals surface area contributed by atoms with Crippen LogP contribution >= 0.6 is 0 Å². The lowest BCUT2D eigenvalue weighted by atomic mass is 9.66. The number of rotatable bonds is 1. The van der Waals surface area contributed by atoms with Crippen LogP contribution in [0.5, 0.6) is 0 Å². The minimum Gasteiger partial charge on any atom is -0.319 e. The molecule has 4 bridgehead atoms. The van der Waals surface area contributed by atoms with Gasteiger partial charge in [-0.2, -0.15) is 5.26 Å². The fourth-order valence-corrected chi connectivity index (χ4v) is 5.54. The number of nitriles is 1. The van der Waals surface area contributed by atoms with E-state index in [4.69, 9.17) is 0 Å². The second kappa shape index (κ2) is 3.90. The molecule has 22 heavy (non-hydrogen) atoms. The van der Waals surface area contributed by atoms with E-state index in [2.05, 4.69) is 19.9 Å². The molecule has 3 fully saturated rings. The number of benzene rings is 1. The van der Waals surface area contributed by atoms with Crippen molar-refractivity contribution in [3.8, 4) is 6.07 Å². The van der Waals surface area contributed by atoms with E-state index < -0.39 is 11.4 Å². The Hall–Kier alpha value is -1.89. The molecule has 1 saturated heterocycles. The highest BCUT2D eigenvalue weighted by Crippen LogP contribution is 2.75. The van der Waals surface area contributed by atoms with E-state index in [0.717, 1.165) is 19.3 Å². The highest BCUT2D eigenvalue weighted by Gasteiger charge is 2.78. The summed E-state index contributed by atoms with van der Waals surface area (Å²) in [5, 5.41) is 9.94. The van der Waals surface area contributed by atoms with Gasteiger partial charge < -0.3 is 4.90 Å². The molecular formula is C18H19FN2O. The summed E-state index contributed by atoms with van der Waals surface area (Å²) in [7, 11) is 0. The molecule has 2 aliphatic carbocycles. The number of hydrogen-bond donors (Lipinski definition) is 0. The van der Waals surface area contributed by atoms with Gasteiger partial charge in [-0.1, -0.05) is 26.0 Å². The summed E-state index contributed by atoms with van der Waals surface area (Å²) in [4.78, 5) is 14.6. The van der Waals surface area contributed by atoms with E-state index in [0.29, 0.717) is 12.5 Å². The quantitative estimate of drug-likeness (QED) is 0.798. The summed E-state index contributed by atoms with van der Waals surface area (Å²) in [5.74, 6) is -0.347. The van der Waals surface area contributed by atoms with E-state index >= 15 is 0 Å². The van der Waals surface area contributed by atoms with Gasteiger partial charge >= 0.3 is 0 Å². The average molecular weight is 298 g/mol. The van der Waals surface area contributed by atoms with Gasteiger partial charge in [0.05, 0.1) is 11.6 Å². The topological polar surface area (TPSA) is 44.1 Å². The Kier molecular flexibility index (Phi) is 2.44. The zero-order valence-corrected chi connectivity index (χ0v) is 12.9. The Morgan fingerprint density at radius 1 is 1.41 bits per heavy atom. The average Bonchev–Trinajstić information content (AvgIpc) is 2.96. The van der Waals surface area contributed by atoms with Crippen molar-refractivity contribution in [2.75, 3.05) is 6.54 Å². The second-order valence-electron chi connectivity index (χ2n) is 7.53. The lowest BCUT2D eigenvalue weighted by molar-refractivity contribution is 0.0425. The van der Waals surface area contributed by atoms with Crippen LogP contribution in [0.4, 0.5) is 4.39 Å². The van der Waals surface area contributed by atoms with Crippen LogP contribution in [0.15, 0.2) is 24.3 Å². The van der Waals surface area contributed by atoms with E-state index in [-0.39, 0.29) is 22.3 Å². The van der Waals surface area contributed by atoms with Crippen LogP contribution in [0, 0.1) is 33.9 Å². The predicted molar refractivity (Wildman–Crippen MR) is 79.3 cm³/mol. The predicted octanol–water partition coefficient (Wildman–Crippen LogP) is 3.37. The number of hydrogen-bond acceptors (Lipinski definition) is 2. The summed E-state index contributed by atoms with van der Waals surface area (Å²) < 4.78 is 14.0. The lowest BCUT2D eigenvalue weighted by Crippen LogP contribution is -2.54. The van der Waals surface area contributed by atoms with Crippen LogP contribution in [0.3, 0.4) is 0 Å². The zero-order chi connectivity index (χ0) is 15.8. The van der Waals surface area contributed by atoms with Gasteiger partial charge in [0.15, 0.2) is 0 Å². The molecule has 2 saturated carbocycles. The van der Waals surface area contributed by atoms with Crippen LogP contribution < -0.4 is 0 Å². The normalized spacial score (nSPS) is 41.7. The molecule has 1 aliphatic heterocycles. The molecule has 3 aliphatic rings. The van der Waals surface area contributed by atoms with Crippen molar-refractivity contribution in [2.24, 2.45) is 16.7 Å². The van der Waals surface area contributed by atoms with Gasteiger partial charge in [0.1, 0.15) is 11.4 Å². The lowest BCUT2D eigenvalue weighted by Gasteiger charge is -2.43. The van der Waals surface area contributed by atoms with Crippen molar-refractivity contribution in [3.05, 3.63) is 35.6 Å². The van der Waals surface area contributed by atoms with Crippen LogP contribution in [0.1, 0.15) is 43.5 Å². The maximum atomic E-state index is 14.0. The molecule has 1 heterocycles. The molecule has 1 aromatic carbocycles. The molecular weight excluding hydrogens is 279 g/mol. The molecule has 4 heteroatoms. The van der Waals surface area contributed by atoms with Gasteiger partial charge in [-0.15, -0.1) is 0 Å². The first-order valence-corrected chi connectivity index (χ1v) is 7.87. The molecule has 114 valence electrons. The molecule has 0 spiro atoms. The minimum atomic E-state index is -0.774. The Morgan fingerprint density at radius 3 is 2.77 bits per heavy atom. The van der Waals surface area contributed by atoms with Gasteiger partial charge in [-0.3, -0.25) is 4.79 Å². The van der Waals surface area contributed by atoms with Crippen molar-refractivity contribution >= 4 is 5.91 Å². The van der Waals surface area contributed by atoms with Crippen LogP contribution in [0.25, 0.3) is 0 Å². The number of nitrogens with zero attached hydrogens (tertiary/aromatic N) is 2. The summed E-state index contributed by atoms with van der Waals surface area (Å²) in [6.45, 7) is 4.92. The van der Waals surface area contributed by atoms with Crippen LogP contribution in [-0.4, -0.2) is 22.9 Å². The summed E-state index contributed by atoms with van der Waals surface area (Å²) in [6, 6.07) is 8.52. The zero-order valence-electron chi connectivity index (χ0n) is 12.9. The third-order valence-corrected chi connectivity index (χ3v) is 7.09. The molecule has 3 nitrogen and oxygen atoms in total. The fraction of sp³-hybridized carbons (Fsp3) is 0.556. The SMILES string of the molecule is C[C@]12CC[C@@H]3C[C@@]1(C#N)N(C(=O)c1ccccc1F)C[C@@]32C. The first-order valence-electron chi connectivity index (χ1n) is 7.87. The fourth-order valence-electron chi connectivity index (χ4n) is 5.54. The van der Waals surface area contributed by atoms with Crippen molar-refractivity contribution in [3.63, 3.8) is 0 Å². The van der Waals surface area contributed by atoms with Crippen LogP contribution in [-0.2, 0) is 0 Å². The van der Waals surface area contributed by atoms with Gasteiger partial charge in [0, 0.05) is 12.0 Å². The Bertz CT molecular complexity index is 726. The van der Waals surface area contributed by atoms with E-state index in [1.165, 1.54) is 12.1 Å².